The topological polar surface area (TPSA) is 185 Å². The molecule has 0 aliphatic heterocycles. The van der Waals surface area contributed by atoms with E-state index in [2.05, 4.69) is 27.0 Å². The van der Waals surface area contributed by atoms with Crippen molar-refractivity contribution in [2.75, 3.05) is 56.4 Å². The van der Waals surface area contributed by atoms with E-state index in [1.54, 1.807) is 36.4 Å². The molecule has 0 atom stereocenters. The molecule has 5 aromatic carbocycles. The van der Waals surface area contributed by atoms with E-state index in [0.29, 0.717) is 68.5 Å². The highest BCUT2D eigenvalue weighted by molar-refractivity contribution is 7.89. The van der Waals surface area contributed by atoms with E-state index >= 15 is 0 Å². The van der Waals surface area contributed by atoms with Crippen molar-refractivity contribution in [1.29, 1.82) is 0 Å². The van der Waals surface area contributed by atoms with Gasteiger partial charge in [-0.05, 0) is 90.9 Å². The summed E-state index contributed by atoms with van der Waals surface area (Å²) in [6, 6.07) is 29.5. The molecular formula is C44H56F2N4O9S2. The predicted molar refractivity (Wildman–Crippen MR) is 237 cm³/mol. The number of sulfonamides is 2. The van der Waals surface area contributed by atoms with Gasteiger partial charge in [-0.25, -0.2) is 35.1 Å². The number of aliphatic hydroxyl groups is 1. The van der Waals surface area contributed by atoms with Crippen molar-refractivity contribution >= 4 is 31.4 Å². The third-order valence-corrected chi connectivity index (χ3v) is 9.94. The summed E-state index contributed by atoms with van der Waals surface area (Å²) in [7, 11) is -5.40. The van der Waals surface area contributed by atoms with E-state index < -0.39 is 31.7 Å². The van der Waals surface area contributed by atoms with Gasteiger partial charge in [0.15, 0.2) is 46.1 Å². The lowest BCUT2D eigenvalue weighted by molar-refractivity contribution is 0.289. The minimum atomic E-state index is -3.20. The molecule has 0 spiro atoms. The van der Waals surface area contributed by atoms with Crippen molar-refractivity contribution in [3.63, 3.8) is 0 Å². The van der Waals surface area contributed by atoms with Crippen LogP contribution in [0.25, 0.3) is 0 Å². The van der Waals surface area contributed by atoms with Crippen molar-refractivity contribution in [2.24, 2.45) is 0 Å². The largest absolute Gasteiger partial charge is 0.504 e. The first kappa shape index (κ1) is 49.9. The van der Waals surface area contributed by atoms with Gasteiger partial charge < -0.3 is 35.1 Å². The van der Waals surface area contributed by atoms with Crippen molar-refractivity contribution in [3.8, 4) is 34.5 Å². The number of aromatic hydroxyl groups is 1. The number of hydrogen-bond donors (Lipinski definition) is 6. The van der Waals surface area contributed by atoms with E-state index in [-0.39, 0.29) is 23.0 Å². The Morgan fingerprint density at radius 2 is 1.00 bits per heavy atom. The fourth-order valence-electron chi connectivity index (χ4n) is 5.36. The molecule has 0 unspecified atom stereocenters. The minimum Gasteiger partial charge on any atom is -0.504 e. The molecule has 13 nitrogen and oxygen atoms in total. The molecule has 0 aliphatic rings. The molecule has 332 valence electrons. The number of hydrogen-bond acceptors (Lipinski definition) is 11. The molecule has 0 aliphatic carbocycles. The van der Waals surface area contributed by atoms with Crippen LogP contribution in [-0.2, 0) is 39.5 Å². The molecule has 0 bridgehead atoms. The fourth-order valence-corrected chi connectivity index (χ4v) is 6.39. The number of benzene rings is 5. The SMILES string of the molecule is CCc1ccc(Oc2ccc(NCCCNS(C)(=O)=O)cc2F)c(O)c1.CCc1ccc(Oc2ccc(NCCCNS(C)(=O)=O)cc2F)c(OCc2ccccc2)c1.CO. The van der Waals surface area contributed by atoms with Gasteiger partial charge in [0.2, 0.25) is 20.0 Å². The van der Waals surface area contributed by atoms with E-state index in [1.807, 2.05) is 55.5 Å². The Kier molecular flexibility index (Phi) is 20.7. The van der Waals surface area contributed by atoms with Crippen LogP contribution in [0.2, 0.25) is 0 Å². The van der Waals surface area contributed by atoms with Gasteiger partial charge in [0, 0.05) is 56.8 Å². The molecular weight excluding hydrogens is 831 g/mol. The lowest BCUT2D eigenvalue weighted by Gasteiger charge is -2.15. The standard InChI is InChI=1S/C25H29FN2O4S.C18H23FN2O4S.CH4O/c1-3-19-10-12-24(25(16-19)31-18-20-8-5-4-6-9-20)32-23-13-11-21(17-22(23)26)27-14-7-15-28-33(2,29)30;1-3-13-5-7-18(16(22)11-13)25-17-8-6-14(12-15(17)19)20-9-4-10-21-26(2,23)24;1-2/h4-6,8-13,16-17,27-28H,3,7,14-15,18H2,1-2H3;5-8,11-12,20-22H,3-4,9-10H2,1-2H3;2H,1H3. The van der Waals surface area contributed by atoms with E-state index in [4.69, 9.17) is 19.3 Å². The van der Waals surface area contributed by atoms with Gasteiger partial charge in [0.25, 0.3) is 0 Å². The van der Waals surface area contributed by atoms with E-state index in [0.717, 1.165) is 49.2 Å². The summed E-state index contributed by atoms with van der Waals surface area (Å²) in [5, 5.41) is 23.0. The van der Waals surface area contributed by atoms with Crippen molar-refractivity contribution in [3.05, 3.63) is 131 Å². The van der Waals surface area contributed by atoms with Crippen LogP contribution in [0.5, 0.6) is 34.5 Å². The Morgan fingerprint density at radius 1 is 0.541 bits per heavy atom. The smallest absolute Gasteiger partial charge is 0.208 e. The first-order valence-electron chi connectivity index (χ1n) is 19.5. The van der Waals surface area contributed by atoms with Gasteiger partial charge in [0.1, 0.15) is 6.61 Å². The predicted octanol–water partition coefficient (Wildman–Crippen LogP) is 7.96. The number of anilines is 2. The Labute approximate surface area is 358 Å². The second-order valence-electron chi connectivity index (χ2n) is 13.5. The van der Waals surface area contributed by atoms with Crippen LogP contribution in [0.3, 0.4) is 0 Å². The third-order valence-electron chi connectivity index (χ3n) is 8.48. The van der Waals surface area contributed by atoms with E-state index in [1.165, 1.54) is 18.2 Å². The maximum atomic E-state index is 14.7. The van der Waals surface area contributed by atoms with Gasteiger partial charge in [-0.2, -0.15) is 0 Å². The number of phenols is 1. The van der Waals surface area contributed by atoms with Crippen LogP contribution in [0.15, 0.2) is 103 Å². The highest BCUT2D eigenvalue weighted by Crippen LogP contribution is 2.36. The Balaban J connectivity index is 0.000000321. The third kappa shape index (κ3) is 18.8. The Hall–Kier alpha value is -5.46. The van der Waals surface area contributed by atoms with Crippen molar-refractivity contribution in [2.45, 2.75) is 46.1 Å². The number of phenolic OH excluding ortho intramolecular Hbond substituents is 1. The number of aliphatic hydroxyl groups excluding tert-OH is 1. The van der Waals surface area contributed by atoms with Gasteiger partial charge in [0.05, 0.1) is 12.5 Å². The van der Waals surface area contributed by atoms with Gasteiger partial charge in [-0.15, -0.1) is 0 Å². The fraction of sp³-hybridized carbons (Fsp3) is 0.318. The number of rotatable bonds is 21. The second-order valence-corrected chi connectivity index (χ2v) is 17.1. The number of nitrogens with one attached hydrogen (secondary N) is 4. The molecule has 61 heavy (non-hydrogen) atoms. The maximum absolute atomic E-state index is 14.7. The summed E-state index contributed by atoms with van der Waals surface area (Å²) in [6.07, 6.45) is 4.96. The average Bonchev–Trinajstić information content (AvgIpc) is 3.23. The summed E-state index contributed by atoms with van der Waals surface area (Å²) in [5.41, 5.74) is 4.22. The summed E-state index contributed by atoms with van der Waals surface area (Å²) in [4.78, 5) is 0. The molecule has 0 fully saturated rings. The number of halogens is 2. The van der Waals surface area contributed by atoms with Crippen LogP contribution >= 0.6 is 0 Å². The lowest BCUT2D eigenvalue weighted by Crippen LogP contribution is -2.24. The Morgan fingerprint density at radius 3 is 1.46 bits per heavy atom. The quantitative estimate of drug-likeness (QED) is 0.0393. The average molecular weight is 887 g/mol. The van der Waals surface area contributed by atoms with Gasteiger partial charge >= 0.3 is 0 Å². The van der Waals surface area contributed by atoms with Crippen LogP contribution in [-0.4, -0.2) is 72.8 Å². The minimum absolute atomic E-state index is 0.00819. The zero-order valence-electron chi connectivity index (χ0n) is 35.0. The number of aryl methyl sites for hydroxylation is 2. The molecule has 5 aromatic rings. The molecule has 17 heteroatoms. The van der Waals surface area contributed by atoms with Crippen LogP contribution < -0.4 is 34.3 Å². The van der Waals surface area contributed by atoms with Gasteiger partial charge in [-0.1, -0.05) is 56.3 Å². The molecule has 0 saturated heterocycles. The van der Waals surface area contributed by atoms with E-state index in [9.17, 15) is 30.7 Å². The summed E-state index contributed by atoms with van der Waals surface area (Å²) in [6.45, 7) is 6.01. The van der Waals surface area contributed by atoms with Crippen molar-refractivity contribution < 1.29 is 50.0 Å². The normalized spacial score (nSPS) is 11.0. The molecule has 0 amide bonds. The summed E-state index contributed by atoms with van der Waals surface area (Å²) >= 11 is 0. The zero-order valence-corrected chi connectivity index (χ0v) is 36.6. The molecule has 0 radical (unpaired) electrons. The summed E-state index contributed by atoms with van der Waals surface area (Å²) < 4.78 is 95.0. The molecule has 6 N–H and O–H groups in total. The first-order chi connectivity index (χ1) is 29.1. The summed E-state index contributed by atoms with van der Waals surface area (Å²) in [5.74, 6) is 0.166. The Bertz CT molecular complexity index is 2340. The molecule has 5 rings (SSSR count). The van der Waals surface area contributed by atoms with Crippen molar-refractivity contribution in [1.82, 2.24) is 9.44 Å². The highest BCUT2D eigenvalue weighted by atomic mass is 32.2. The maximum Gasteiger partial charge on any atom is 0.208 e. The highest BCUT2D eigenvalue weighted by Gasteiger charge is 2.13. The second kappa shape index (κ2) is 25.3. The van der Waals surface area contributed by atoms with Crippen LogP contribution in [0.4, 0.5) is 20.2 Å². The van der Waals surface area contributed by atoms with Crippen LogP contribution in [0.1, 0.15) is 43.4 Å². The zero-order chi connectivity index (χ0) is 44.8. The first-order valence-corrected chi connectivity index (χ1v) is 23.3. The lowest BCUT2D eigenvalue weighted by atomic mass is 10.1. The molecule has 0 saturated carbocycles. The monoisotopic (exact) mass is 886 g/mol. The van der Waals surface area contributed by atoms with Crippen LogP contribution in [0, 0.1) is 11.6 Å². The molecule has 0 aromatic heterocycles. The number of ether oxygens (including phenoxy) is 3. The molecule has 0 heterocycles. The van der Waals surface area contributed by atoms with Gasteiger partial charge in [-0.3, -0.25) is 0 Å².